The van der Waals surface area contributed by atoms with Gasteiger partial charge in [0.05, 0.1) is 11.7 Å². The molecule has 1 heteroatoms. The van der Waals surface area contributed by atoms with E-state index in [-0.39, 0.29) is 5.60 Å². The Morgan fingerprint density at radius 2 is 2.14 bits per heavy atom. The highest BCUT2D eigenvalue weighted by atomic mass is 16.6. The van der Waals surface area contributed by atoms with Crippen molar-refractivity contribution in [3.8, 4) is 0 Å². The van der Waals surface area contributed by atoms with E-state index >= 15 is 0 Å². The van der Waals surface area contributed by atoms with Crippen LogP contribution in [-0.2, 0) is 4.74 Å². The van der Waals surface area contributed by atoms with E-state index in [9.17, 15) is 0 Å². The molecule has 0 saturated carbocycles. The molecule has 41 valence electrons. The molecule has 0 aromatic rings. The van der Waals surface area contributed by atoms with Crippen LogP contribution in [0.3, 0.4) is 0 Å². The summed E-state index contributed by atoms with van der Waals surface area (Å²) in [7, 11) is 0. The molecule has 0 aromatic heterocycles. The van der Waals surface area contributed by atoms with Crippen LogP contribution < -0.4 is 0 Å². The maximum atomic E-state index is 5.19. The second-order valence-electron chi connectivity index (χ2n) is 2.50. The summed E-state index contributed by atoms with van der Waals surface area (Å²) in [4.78, 5) is 0. The number of rotatable bonds is 1. The van der Waals surface area contributed by atoms with Crippen LogP contribution in [0.15, 0.2) is 0 Å². The minimum Gasteiger partial charge on any atom is -0.367 e. The van der Waals surface area contributed by atoms with Crippen LogP contribution in [0.5, 0.6) is 0 Å². The van der Waals surface area contributed by atoms with Gasteiger partial charge in [0, 0.05) is 0 Å². The zero-order valence-corrected chi connectivity index (χ0v) is 4.90. The van der Waals surface area contributed by atoms with Crippen LogP contribution >= 0.6 is 0 Å². The highest BCUT2D eigenvalue weighted by molar-refractivity contribution is 4.94. The average Bonchev–Trinajstić information content (AvgIpc) is 2.13. The van der Waals surface area contributed by atoms with Gasteiger partial charge in [-0.1, -0.05) is 6.92 Å². The van der Waals surface area contributed by atoms with Crippen molar-refractivity contribution < 1.29 is 4.74 Å². The van der Waals surface area contributed by atoms with Gasteiger partial charge in [-0.3, -0.25) is 0 Å². The van der Waals surface area contributed by atoms with Crippen LogP contribution in [0, 0.1) is 6.92 Å². The molecule has 1 fully saturated rings. The van der Waals surface area contributed by atoms with Gasteiger partial charge in [-0.15, -0.1) is 0 Å². The molecule has 1 heterocycles. The fraction of sp³-hybridized carbons (Fsp3) is 0.833. The fourth-order valence-corrected chi connectivity index (χ4v) is 0.739. The van der Waals surface area contributed by atoms with E-state index in [0.717, 1.165) is 6.42 Å². The average molecular weight is 99.2 g/mol. The van der Waals surface area contributed by atoms with E-state index in [2.05, 4.69) is 20.8 Å². The molecule has 1 nitrogen and oxygen atoms in total. The Morgan fingerprint density at radius 1 is 1.71 bits per heavy atom. The zero-order chi connectivity index (χ0) is 5.49. The minimum atomic E-state index is 0.155. The van der Waals surface area contributed by atoms with Gasteiger partial charge in [-0.25, -0.2) is 0 Å². The van der Waals surface area contributed by atoms with Crippen molar-refractivity contribution in [2.45, 2.75) is 32.0 Å². The van der Waals surface area contributed by atoms with Crippen molar-refractivity contribution >= 4 is 0 Å². The highest BCUT2D eigenvalue weighted by Crippen LogP contribution is 2.36. The molecule has 0 amide bonds. The predicted molar refractivity (Wildman–Crippen MR) is 28.9 cm³/mol. The molecule has 0 spiro atoms. The van der Waals surface area contributed by atoms with E-state index < -0.39 is 0 Å². The quantitative estimate of drug-likeness (QED) is 0.452. The van der Waals surface area contributed by atoms with Crippen molar-refractivity contribution in [2.24, 2.45) is 0 Å². The van der Waals surface area contributed by atoms with Gasteiger partial charge in [0.1, 0.15) is 0 Å². The van der Waals surface area contributed by atoms with E-state index in [1.54, 1.807) is 0 Å². The van der Waals surface area contributed by atoms with Gasteiger partial charge in [0.15, 0.2) is 0 Å². The standard InChI is InChI=1S/C6H11O/c1-4-5-6(2,3)7-5/h5H,1,4H2,2-3H3. The third kappa shape index (κ3) is 0.778. The van der Waals surface area contributed by atoms with E-state index in [4.69, 9.17) is 4.74 Å². The Bertz CT molecular complexity index is 76.2. The Morgan fingerprint density at radius 3 is 2.14 bits per heavy atom. The fourth-order valence-electron chi connectivity index (χ4n) is 0.739. The lowest BCUT2D eigenvalue weighted by molar-refractivity contribution is 0.324. The van der Waals surface area contributed by atoms with Gasteiger partial charge in [-0.2, -0.15) is 0 Å². The molecule has 1 radical (unpaired) electrons. The molecule has 0 N–H and O–H groups in total. The van der Waals surface area contributed by atoms with Gasteiger partial charge in [-0.05, 0) is 20.3 Å². The molecular weight excluding hydrogens is 88.1 g/mol. The van der Waals surface area contributed by atoms with Crippen LogP contribution in [0.2, 0.25) is 0 Å². The first kappa shape index (κ1) is 5.10. The Hall–Kier alpha value is -0.0400. The first-order valence-corrected chi connectivity index (χ1v) is 2.64. The summed E-state index contributed by atoms with van der Waals surface area (Å²) in [6.07, 6.45) is 1.35. The molecule has 0 aromatic carbocycles. The first-order chi connectivity index (χ1) is 3.17. The minimum absolute atomic E-state index is 0.155. The van der Waals surface area contributed by atoms with Gasteiger partial charge < -0.3 is 4.74 Å². The second kappa shape index (κ2) is 1.22. The Balaban J connectivity index is 2.30. The largest absolute Gasteiger partial charge is 0.367 e. The van der Waals surface area contributed by atoms with Gasteiger partial charge in [0.2, 0.25) is 0 Å². The Labute approximate surface area is 44.7 Å². The SMILES string of the molecule is [CH2]CC1OC1(C)C. The molecule has 1 atom stereocenters. The predicted octanol–water partition coefficient (Wildman–Crippen LogP) is 1.39. The molecular formula is C6H11O. The summed E-state index contributed by atoms with van der Waals surface area (Å²) in [5.41, 5.74) is 0.155. The zero-order valence-electron chi connectivity index (χ0n) is 4.90. The topological polar surface area (TPSA) is 12.5 Å². The normalized spacial score (nSPS) is 35.6. The molecule has 1 unspecified atom stereocenters. The molecule has 1 aliphatic rings. The second-order valence-corrected chi connectivity index (χ2v) is 2.50. The van der Waals surface area contributed by atoms with Crippen molar-refractivity contribution in [3.63, 3.8) is 0 Å². The summed E-state index contributed by atoms with van der Waals surface area (Å²) < 4.78 is 5.19. The number of hydrogen-bond acceptors (Lipinski definition) is 1. The number of ether oxygens (including phenoxy) is 1. The lowest BCUT2D eigenvalue weighted by Gasteiger charge is -1.87. The summed E-state index contributed by atoms with van der Waals surface area (Å²) >= 11 is 0. The summed E-state index contributed by atoms with van der Waals surface area (Å²) in [5, 5.41) is 0. The van der Waals surface area contributed by atoms with Crippen LogP contribution in [0.1, 0.15) is 20.3 Å². The van der Waals surface area contributed by atoms with E-state index in [1.807, 2.05) is 0 Å². The number of hydrogen-bond donors (Lipinski definition) is 0. The molecule has 7 heavy (non-hydrogen) atoms. The lowest BCUT2D eigenvalue weighted by Crippen LogP contribution is -2.00. The smallest absolute Gasteiger partial charge is 0.0892 e. The maximum absolute atomic E-state index is 5.19. The maximum Gasteiger partial charge on any atom is 0.0892 e. The Kier molecular flexibility index (Phi) is 0.890. The van der Waals surface area contributed by atoms with Gasteiger partial charge in [0.25, 0.3) is 0 Å². The number of epoxide rings is 1. The van der Waals surface area contributed by atoms with Crippen molar-refractivity contribution in [3.05, 3.63) is 6.92 Å². The molecule has 1 aliphatic heterocycles. The van der Waals surface area contributed by atoms with Crippen molar-refractivity contribution in [1.29, 1.82) is 0 Å². The highest BCUT2D eigenvalue weighted by Gasteiger charge is 2.45. The molecule has 1 saturated heterocycles. The molecule has 0 bridgehead atoms. The van der Waals surface area contributed by atoms with E-state index in [0.29, 0.717) is 6.10 Å². The third-order valence-corrected chi connectivity index (χ3v) is 1.43. The third-order valence-electron chi connectivity index (χ3n) is 1.43. The van der Waals surface area contributed by atoms with Gasteiger partial charge >= 0.3 is 0 Å². The van der Waals surface area contributed by atoms with Crippen molar-refractivity contribution in [1.82, 2.24) is 0 Å². The summed E-state index contributed by atoms with van der Waals surface area (Å²) in [6.45, 7) is 7.89. The van der Waals surface area contributed by atoms with Crippen LogP contribution in [-0.4, -0.2) is 11.7 Å². The summed E-state index contributed by atoms with van der Waals surface area (Å²) in [5.74, 6) is 0. The van der Waals surface area contributed by atoms with Crippen molar-refractivity contribution in [2.75, 3.05) is 0 Å². The van der Waals surface area contributed by atoms with Crippen LogP contribution in [0.4, 0.5) is 0 Å². The van der Waals surface area contributed by atoms with Crippen LogP contribution in [0.25, 0.3) is 0 Å². The lowest BCUT2D eigenvalue weighted by atomic mass is 10.1. The molecule has 1 rings (SSSR count). The van der Waals surface area contributed by atoms with E-state index in [1.165, 1.54) is 0 Å². The first-order valence-electron chi connectivity index (χ1n) is 2.64. The summed E-state index contributed by atoms with van der Waals surface area (Å²) in [6, 6.07) is 0. The monoisotopic (exact) mass is 99.1 g/mol. The molecule has 0 aliphatic carbocycles.